The van der Waals surface area contributed by atoms with E-state index in [1.807, 2.05) is 20.8 Å². The Bertz CT molecular complexity index is 1060. The maximum atomic E-state index is 13.0. The van der Waals surface area contributed by atoms with Gasteiger partial charge in [-0.3, -0.25) is 4.79 Å². The number of alkyl halides is 3. The van der Waals surface area contributed by atoms with Crippen LogP contribution in [-0.2, 0) is 21.2 Å². The molecule has 0 spiro atoms. The Balaban J connectivity index is 1.41. The summed E-state index contributed by atoms with van der Waals surface area (Å²) in [6, 6.07) is 2.03. The number of fused-ring (bicyclic) bond motifs is 2. The first-order chi connectivity index (χ1) is 14.7. The predicted octanol–water partition coefficient (Wildman–Crippen LogP) is 3.82. The van der Waals surface area contributed by atoms with Crippen LogP contribution in [-0.4, -0.2) is 45.0 Å². The van der Waals surface area contributed by atoms with E-state index in [0.29, 0.717) is 24.4 Å². The molecule has 1 aliphatic heterocycles. The SMILES string of the molecule is CC(C)(C)OC(=O)N1C[C@@H]2C(C(=O)NC(C)(C)c3ncc4cc(C(F)(F)F)ccn34)[C@@H]2C1. The second-order valence-electron chi connectivity index (χ2n) is 10.1. The van der Waals surface area contributed by atoms with E-state index >= 15 is 0 Å². The summed E-state index contributed by atoms with van der Waals surface area (Å²) in [4.78, 5) is 31.1. The average molecular weight is 452 g/mol. The van der Waals surface area contributed by atoms with E-state index in [4.69, 9.17) is 4.74 Å². The van der Waals surface area contributed by atoms with Gasteiger partial charge in [0.2, 0.25) is 5.91 Å². The van der Waals surface area contributed by atoms with Gasteiger partial charge in [-0.15, -0.1) is 0 Å². The highest BCUT2D eigenvalue weighted by Crippen LogP contribution is 2.52. The highest BCUT2D eigenvalue weighted by Gasteiger charge is 2.61. The van der Waals surface area contributed by atoms with Gasteiger partial charge in [-0.2, -0.15) is 13.2 Å². The Labute approximate surface area is 183 Å². The van der Waals surface area contributed by atoms with Crippen molar-refractivity contribution in [1.82, 2.24) is 19.6 Å². The standard InChI is InChI=1S/C22H27F3N4O3/c1-20(2,3)32-19(31)28-10-14-15(11-28)16(14)17(30)27-21(4,5)18-26-9-13-8-12(22(23,24)25)6-7-29(13)18/h6-9,14-16H,10-11H2,1-5H3,(H,27,30)/t14-,15+,16?. The zero-order valence-electron chi connectivity index (χ0n) is 18.7. The molecule has 174 valence electrons. The van der Waals surface area contributed by atoms with Gasteiger partial charge in [0.25, 0.3) is 0 Å². The van der Waals surface area contributed by atoms with Crippen LogP contribution < -0.4 is 5.32 Å². The van der Waals surface area contributed by atoms with Crippen LogP contribution in [0.5, 0.6) is 0 Å². The third kappa shape index (κ3) is 4.14. The molecule has 7 nitrogen and oxygen atoms in total. The minimum absolute atomic E-state index is 0.0877. The minimum atomic E-state index is -4.44. The van der Waals surface area contributed by atoms with Crippen LogP contribution in [0.3, 0.4) is 0 Å². The summed E-state index contributed by atoms with van der Waals surface area (Å²) < 4.78 is 45.9. The summed E-state index contributed by atoms with van der Waals surface area (Å²) in [6.07, 6.45) is -2.12. The molecule has 2 aliphatic rings. The second-order valence-corrected chi connectivity index (χ2v) is 10.1. The van der Waals surface area contributed by atoms with Crippen LogP contribution in [0.4, 0.5) is 18.0 Å². The van der Waals surface area contributed by atoms with Crippen molar-refractivity contribution in [1.29, 1.82) is 0 Å². The van der Waals surface area contributed by atoms with Crippen molar-refractivity contribution in [3.8, 4) is 0 Å². The third-order valence-electron chi connectivity index (χ3n) is 6.00. The molecule has 1 aliphatic carbocycles. The van der Waals surface area contributed by atoms with Gasteiger partial charge in [0.1, 0.15) is 11.4 Å². The number of nitrogens with zero attached hydrogens (tertiary/aromatic N) is 3. The van der Waals surface area contributed by atoms with E-state index in [1.165, 1.54) is 12.4 Å². The fraction of sp³-hybridized carbons (Fsp3) is 0.591. The summed E-state index contributed by atoms with van der Waals surface area (Å²) in [5, 5.41) is 2.99. The maximum Gasteiger partial charge on any atom is 0.416 e. The highest BCUT2D eigenvalue weighted by atomic mass is 19.4. The normalized spacial score (nSPS) is 23.2. The number of carbonyl (C=O) groups is 2. The number of hydrogen-bond donors (Lipinski definition) is 1. The summed E-state index contributed by atoms with van der Waals surface area (Å²) >= 11 is 0. The Morgan fingerprint density at radius 2 is 1.75 bits per heavy atom. The van der Waals surface area contributed by atoms with E-state index in [1.54, 1.807) is 23.1 Å². The third-order valence-corrected chi connectivity index (χ3v) is 6.00. The molecule has 0 radical (unpaired) electrons. The summed E-state index contributed by atoms with van der Waals surface area (Å²) in [5.74, 6) is 0.277. The Morgan fingerprint density at radius 3 is 2.31 bits per heavy atom. The fourth-order valence-electron chi connectivity index (χ4n) is 4.48. The molecular weight excluding hydrogens is 425 g/mol. The molecule has 2 fully saturated rings. The second kappa shape index (κ2) is 7.11. The van der Waals surface area contributed by atoms with E-state index in [-0.39, 0.29) is 29.8 Å². The molecule has 3 heterocycles. The molecule has 3 atom stereocenters. The van der Waals surface area contributed by atoms with Crippen LogP contribution >= 0.6 is 0 Å². The molecule has 10 heteroatoms. The first kappa shape index (κ1) is 22.4. The van der Waals surface area contributed by atoms with Gasteiger partial charge in [0.05, 0.1) is 22.8 Å². The van der Waals surface area contributed by atoms with Gasteiger partial charge in [-0.05, 0) is 58.6 Å². The number of halogens is 3. The number of nitrogens with one attached hydrogen (secondary N) is 1. The molecule has 0 bridgehead atoms. The van der Waals surface area contributed by atoms with Gasteiger partial charge in [-0.1, -0.05) is 0 Å². The van der Waals surface area contributed by atoms with Gasteiger partial charge in [0, 0.05) is 25.2 Å². The number of carbonyl (C=O) groups excluding carboxylic acids is 2. The largest absolute Gasteiger partial charge is 0.444 e. The molecular formula is C22H27F3N4O3. The van der Waals surface area contributed by atoms with Crippen molar-refractivity contribution < 1.29 is 27.5 Å². The number of likely N-dealkylation sites (tertiary alicyclic amines) is 1. The van der Waals surface area contributed by atoms with Crippen LogP contribution in [0.15, 0.2) is 24.5 Å². The van der Waals surface area contributed by atoms with Crippen molar-refractivity contribution in [2.24, 2.45) is 17.8 Å². The van der Waals surface area contributed by atoms with Crippen molar-refractivity contribution in [3.05, 3.63) is 35.9 Å². The number of hydrogen-bond acceptors (Lipinski definition) is 4. The summed E-state index contributed by atoms with van der Waals surface area (Å²) in [7, 11) is 0. The number of pyridine rings is 1. The molecule has 32 heavy (non-hydrogen) atoms. The zero-order valence-corrected chi connectivity index (χ0v) is 18.7. The Hall–Kier alpha value is -2.78. The minimum Gasteiger partial charge on any atom is -0.444 e. The average Bonchev–Trinajstić information content (AvgIpc) is 3.00. The van der Waals surface area contributed by atoms with Crippen molar-refractivity contribution in [3.63, 3.8) is 0 Å². The quantitative estimate of drug-likeness (QED) is 0.768. The van der Waals surface area contributed by atoms with E-state index < -0.39 is 22.9 Å². The van der Waals surface area contributed by atoms with Gasteiger partial charge >= 0.3 is 12.3 Å². The molecule has 0 aromatic carbocycles. The number of piperidine rings is 1. The number of ether oxygens (including phenoxy) is 1. The number of aromatic nitrogens is 2. The molecule has 1 unspecified atom stereocenters. The fourth-order valence-corrected chi connectivity index (χ4v) is 4.48. The first-order valence-electron chi connectivity index (χ1n) is 10.5. The van der Waals surface area contributed by atoms with E-state index in [9.17, 15) is 22.8 Å². The zero-order chi connectivity index (χ0) is 23.6. The van der Waals surface area contributed by atoms with Crippen molar-refractivity contribution >= 4 is 17.5 Å². The van der Waals surface area contributed by atoms with Gasteiger partial charge in [-0.25, -0.2) is 9.78 Å². The molecule has 2 aromatic heterocycles. The first-order valence-corrected chi connectivity index (χ1v) is 10.5. The molecule has 1 N–H and O–H groups in total. The Kier molecular flexibility index (Phi) is 4.98. The monoisotopic (exact) mass is 452 g/mol. The summed E-state index contributed by atoms with van der Waals surface area (Å²) in [5.41, 5.74) is -1.92. The molecule has 2 aromatic rings. The van der Waals surface area contributed by atoms with Crippen LogP contribution in [0.1, 0.15) is 46.0 Å². The molecule has 1 saturated carbocycles. The molecule has 1 saturated heterocycles. The maximum absolute atomic E-state index is 13.0. The van der Waals surface area contributed by atoms with E-state index in [2.05, 4.69) is 10.3 Å². The van der Waals surface area contributed by atoms with Crippen molar-refractivity contribution in [2.45, 2.75) is 51.9 Å². The number of imidazole rings is 1. The van der Waals surface area contributed by atoms with Gasteiger partial charge < -0.3 is 19.4 Å². The van der Waals surface area contributed by atoms with Crippen LogP contribution in [0.2, 0.25) is 0 Å². The van der Waals surface area contributed by atoms with Crippen LogP contribution in [0.25, 0.3) is 5.52 Å². The molecule has 4 rings (SSSR count). The highest BCUT2D eigenvalue weighted by molar-refractivity contribution is 5.84. The lowest BCUT2D eigenvalue weighted by atomic mass is 10.0. The topological polar surface area (TPSA) is 75.9 Å². The summed E-state index contributed by atoms with van der Waals surface area (Å²) in [6.45, 7) is 9.91. The Morgan fingerprint density at radius 1 is 1.12 bits per heavy atom. The predicted molar refractivity (Wildman–Crippen MR) is 110 cm³/mol. The lowest BCUT2D eigenvalue weighted by Crippen LogP contribution is -2.45. The smallest absolute Gasteiger partial charge is 0.416 e. The lowest BCUT2D eigenvalue weighted by Gasteiger charge is -2.27. The van der Waals surface area contributed by atoms with Crippen LogP contribution in [0, 0.1) is 17.8 Å². The van der Waals surface area contributed by atoms with Crippen molar-refractivity contribution in [2.75, 3.05) is 13.1 Å². The molecule has 2 amide bonds. The number of amides is 2. The number of rotatable bonds is 3. The van der Waals surface area contributed by atoms with Gasteiger partial charge in [0.15, 0.2) is 0 Å². The lowest BCUT2D eigenvalue weighted by molar-refractivity contribution is -0.137. The van der Waals surface area contributed by atoms with E-state index in [0.717, 1.165) is 12.1 Å².